The van der Waals surface area contributed by atoms with E-state index in [-0.39, 0.29) is 18.0 Å². The summed E-state index contributed by atoms with van der Waals surface area (Å²) in [5.74, 6) is -0.0648. The molecule has 3 aromatic rings. The van der Waals surface area contributed by atoms with E-state index in [0.717, 1.165) is 11.1 Å². The molecule has 0 unspecified atom stereocenters. The molecule has 1 heterocycles. The van der Waals surface area contributed by atoms with Gasteiger partial charge in [-0.15, -0.1) is 0 Å². The molecule has 3 rings (SSSR count). The van der Waals surface area contributed by atoms with Gasteiger partial charge in [-0.25, -0.2) is 13.8 Å². The zero-order chi connectivity index (χ0) is 21.4. The molecule has 0 aliphatic carbocycles. The van der Waals surface area contributed by atoms with Crippen LogP contribution in [0.25, 0.3) is 0 Å². The Bertz CT molecular complexity index is 1080. The van der Waals surface area contributed by atoms with Gasteiger partial charge in [-0.05, 0) is 43.2 Å². The first-order valence-electron chi connectivity index (χ1n) is 9.41. The predicted molar refractivity (Wildman–Crippen MR) is 115 cm³/mol. The van der Waals surface area contributed by atoms with E-state index < -0.39 is 15.9 Å². The number of hydrazone groups is 1. The second-order valence-corrected chi connectivity index (χ2v) is 8.63. The topological polar surface area (TPSA) is 92.0 Å². The van der Waals surface area contributed by atoms with Crippen molar-refractivity contribution in [1.82, 2.24) is 9.73 Å². The molecule has 0 aliphatic heterocycles. The summed E-state index contributed by atoms with van der Waals surface area (Å²) in [6.07, 6.45) is 3.32. The highest BCUT2D eigenvalue weighted by Crippen LogP contribution is 2.17. The Kier molecular flexibility index (Phi) is 7.16. The minimum absolute atomic E-state index is 0.146. The van der Waals surface area contributed by atoms with Crippen LogP contribution in [0.2, 0.25) is 0 Å². The highest BCUT2D eigenvalue weighted by atomic mass is 32.2. The van der Waals surface area contributed by atoms with Crippen molar-refractivity contribution < 1.29 is 17.6 Å². The number of furan rings is 1. The lowest BCUT2D eigenvalue weighted by molar-refractivity contribution is -0.121. The van der Waals surface area contributed by atoms with Crippen LogP contribution in [0.15, 0.2) is 87.4 Å². The number of carbonyl (C=O) groups excluding carboxylic acids is 1. The number of carbonyl (C=O) groups is 1. The SMILES string of the molecule is Cc1ccc(S(=O)(=O)N(CCc2ccccc2)CC(=O)N/N=C/c2ccco2)cc1. The lowest BCUT2D eigenvalue weighted by Gasteiger charge is -2.21. The Morgan fingerprint density at radius 2 is 1.80 bits per heavy atom. The van der Waals surface area contributed by atoms with E-state index in [0.29, 0.717) is 12.2 Å². The van der Waals surface area contributed by atoms with Crippen molar-refractivity contribution >= 4 is 22.1 Å². The molecule has 0 bridgehead atoms. The van der Waals surface area contributed by atoms with Gasteiger partial charge < -0.3 is 4.42 Å². The van der Waals surface area contributed by atoms with Crippen LogP contribution in [-0.2, 0) is 21.2 Å². The van der Waals surface area contributed by atoms with Gasteiger partial charge in [-0.2, -0.15) is 9.41 Å². The Labute approximate surface area is 176 Å². The zero-order valence-corrected chi connectivity index (χ0v) is 17.4. The molecule has 8 heteroatoms. The zero-order valence-electron chi connectivity index (χ0n) is 16.6. The molecule has 1 N–H and O–H groups in total. The van der Waals surface area contributed by atoms with Crippen LogP contribution < -0.4 is 5.43 Å². The van der Waals surface area contributed by atoms with Gasteiger partial charge in [0, 0.05) is 6.54 Å². The predicted octanol–water partition coefficient (Wildman–Crippen LogP) is 2.97. The fourth-order valence-electron chi connectivity index (χ4n) is 2.77. The molecule has 2 aromatic carbocycles. The van der Waals surface area contributed by atoms with Gasteiger partial charge in [0.15, 0.2) is 0 Å². The Hall–Kier alpha value is -3.23. The lowest BCUT2D eigenvalue weighted by Crippen LogP contribution is -2.40. The summed E-state index contributed by atoms with van der Waals surface area (Å²) in [5, 5.41) is 3.81. The molecule has 1 aromatic heterocycles. The quantitative estimate of drug-likeness (QED) is 0.421. The summed E-state index contributed by atoms with van der Waals surface area (Å²) in [4.78, 5) is 12.5. The van der Waals surface area contributed by atoms with Crippen molar-refractivity contribution in [2.45, 2.75) is 18.2 Å². The van der Waals surface area contributed by atoms with E-state index in [9.17, 15) is 13.2 Å². The molecule has 0 spiro atoms. The second kappa shape index (κ2) is 10.00. The van der Waals surface area contributed by atoms with Crippen LogP contribution in [0.1, 0.15) is 16.9 Å². The van der Waals surface area contributed by atoms with Crippen LogP contribution in [0.3, 0.4) is 0 Å². The minimum Gasteiger partial charge on any atom is -0.463 e. The highest BCUT2D eigenvalue weighted by Gasteiger charge is 2.26. The van der Waals surface area contributed by atoms with Crippen LogP contribution in [0.5, 0.6) is 0 Å². The largest absolute Gasteiger partial charge is 0.463 e. The number of rotatable bonds is 9. The Morgan fingerprint density at radius 3 is 2.47 bits per heavy atom. The van der Waals surface area contributed by atoms with E-state index in [4.69, 9.17) is 4.42 Å². The summed E-state index contributed by atoms with van der Waals surface area (Å²) in [6.45, 7) is 1.70. The monoisotopic (exact) mass is 425 g/mol. The molecule has 0 radical (unpaired) electrons. The van der Waals surface area contributed by atoms with Crippen molar-refractivity contribution in [1.29, 1.82) is 0 Å². The van der Waals surface area contributed by atoms with E-state index in [1.165, 1.54) is 16.8 Å². The number of aryl methyl sites for hydroxylation is 1. The first-order valence-corrected chi connectivity index (χ1v) is 10.9. The summed E-state index contributed by atoms with van der Waals surface area (Å²) >= 11 is 0. The number of hydrogen-bond acceptors (Lipinski definition) is 5. The Balaban J connectivity index is 1.74. The van der Waals surface area contributed by atoms with E-state index in [1.54, 1.807) is 36.4 Å². The van der Waals surface area contributed by atoms with E-state index >= 15 is 0 Å². The van der Waals surface area contributed by atoms with Gasteiger partial charge in [0.2, 0.25) is 10.0 Å². The maximum Gasteiger partial charge on any atom is 0.255 e. The molecule has 7 nitrogen and oxygen atoms in total. The average molecular weight is 426 g/mol. The molecular formula is C22H23N3O4S. The number of nitrogens with zero attached hydrogens (tertiary/aromatic N) is 2. The number of sulfonamides is 1. The van der Waals surface area contributed by atoms with Crippen LogP contribution >= 0.6 is 0 Å². The molecule has 0 atom stereocenters. The Morgan fingerprint density at radius 1 is 1.07 bits per heavy atom. The maximum absolute atomic E-state index is 13.2. The number of hydrogen-bond donors (Lipinski definition) is 1. The van der Waals surface area contributed by atoms with Crippen molar-refractivity contribution in [3.8, 4) is 0 Å². The van der Waals surface area contributed by atoms with E-state index in [1.807, 2.05) is 37.3 Å². The maximum atomic E-state index is 13.2. The van der Waals surface area contributed by atoms with Gasteiger partial charge in [-0.1, -0.05) is 48.0 Å². The third kappa shape index (κ3) is 5.88. The molecule has 156 valence electrons. The molecule has 30 heavy (non-hydrogen) atoms. The second-order valence-electron chi connectivity index (χ2n) is 6.70. The van der Waals surface area contributed by atoms with Gasteiger partial charge in [0.1, 0.15) is 5.76 Å². The van der Waals surface area contributed by atoms with E-state index in [2.05, 4.69) is 10.5 Å². The smallest absolute Gasteiger partial charge is 0.255 e. The van der Waals surface area contributed by atoms with Gasteiger partial charge >= 0.3 is 0 Å². The molecular weight excluding hydrogens is 402 g/mol. The molecule has 0 saturated heterocycles. The fourth-order valence-corrected chi connectivity index (χ4v) is 4.17. The summed E-state index contributed by atoms with van der Waals surface area (Å²) in [6, 6.07) is 19.5. The van der Waals surface area contributed by atoms with Gasteiger partial charge in [0.05, 0.1) is 23.9 Å². The summed E-state index contributed by atoms with van der Waals surface area (Å²) < 4.78 is 32.6. The summed E-state index contributed by atoms with van der Waals surface area (Å²) in [7, 11) is -3.85. The van der Waals surface area contributed by atoms with Crippen molar-refractivity contribution in [2.24, 2.45) is 5.10 Å². The van der Waals surface area contributed by atoms with Crippen molar-refractivity contribution in [3.05, 3.63) is 89.9 Å². The number of amides is 1. The highest BCUT2D eigenvalue weighted by molar-refractivity contribution is 7.89. The number of nitrogens with one attached hydrogen (secondary N) is 1. The number of benzene rings is 2. The summed E-state index contributed by atoms with van der Waals surface area (Å²) in [5.41, 5.74) is 4.28. The first kappa shape index (κ1) is 21.5. The molecule has 1 amide bonds. The molecule has 0 saturated carbocycles. The van der Waals surface area contributed by atoms with Crippen LogP contribution in [0.4, 0.5) is 0 Å². The normalized spacial score (nSPS) is 11.8. The first-order chi connectivity index (χ1) is 14.4. The third-order valence-electron chi connectivity index (χ3n) is 4.40. The molecule has 0 fully saturated rings. The van der Waals surface area contributed by atoms with Crippen LogP contribution in [0, 0.1) is 6.92 Å². The molecule has 0 aliphatic rings. The lowest BCUT2D eigenvalue weighted by atomic mass is 10.1. The minimum atomic E-state index is -3.85. The standard InChI is InChI=1S/C22H23N3O4S/c1-18-9-11-21(12-10-18)30(27,28)25(14-13-19-6-3-2-4-7-19)17-22(26)24-23-16-20-8-5-15-29-20/h2-12,15-16H,13-14,17H2,1H3,(H,24,26)/b23-16+. The van der Waals surface area contributed by atoms with Crippen molar-refractivity contribution in [2.75, 3.05) is 13.1 Å². The third-order valence-corrected chi connectivity index (χ3v) is 6.26. The van der Waals surface area contributed by atoms with Gasteiger partial charge in [-0.3, -0.25) is 4.79 Å². The van der Waals surface area contributed by atoms with Gasteiger partial charge in [0.25, 0.3) is 5.91 Å². The fraction of sp³-hybridized carbons (Fsp3) is 0.182. The average Bonchev–Trinajstić information content (AvgIpc) is 3.25. The van der Waals surface area contributed by atoms with Crippen LogP contribution in [-0.4, -0.2) is 37.9 Å². The van der Waals surface area contributed by atoms with Crippen molar-refractivity contribution in [3.63, 3.8) is 0 Å².